The number of rotatable bonds is 7. The topological polar surface area (TPSA) is 77.2 Å². The number of hydrogen-bond acceptors (Lipinski definition) is 6. The number of aromatic nitrogens is 2. The summed E-state index contributed by atoms with van der Waals surface area (Å²) in [6, 6.07) is 9.94. The molecule has 6 nitrogen and oxygen atoms in total. The minimum atomic E-state index is -0.295. The number of carbonyl (C=O) groups is 1. The summed E-state index contributed by atoms with van der Waals surface area (Å²) in [4.78, 5) is 12.1. The quantitative estimate of drug-likeness (QED) is 0.775. The van der Waals surface area contributed by atoms with E-state index in [1.54, 1.807) is 0 Å². The first kappa shape index (κ1) is 17.0. The van der Waals surface area contributed by atoms with Gasteiger partial charge in [0.1, 0.15) is 0 Å². The molecule has 2 heterocycles. The Morgan fingerprint density at radius 1 is 1.38 bits per heavy atom. The van der Waals surface area contributed by atoms with Crippen molar-refractivity contribution in [2.45, 2.75) is 42.8 Å². The summed E-state index contributed by atoms with van der Waals surface area (Å²) < 4.78 is 11.1. The predicted octanol–water partition coefficient (Wildman–Crippen LogP) is 2.44. The van der Waals surface area contributed by atoms with Crippen LogP contribution >= 0.6 is 11.8 Å². The Labute approximate surface area is 145 Å². The van der Waals surface area contributed by atoms with Crippen molar-refractivity contribution in [2.24, 2.45) is 0 Å². The first-order chi connectivity index (χ1) is 11.7. The highest BCUT2D eigenvalue weighted by molar-refractivity contribution is 8.00. The number of nitrogens with one attached hydrogen (secondary N) is 1. The van der Waals surface area contributed by atoms with E-state index in [1.807, 2.05) is 37.3 Å². The molecule has 1 fully saturated rings. The number of thioether (sulfide) groups is 1. The molecule has 0 radical (unpaired) electrons. The van der Waals surface area contributed by atoms with Crippen LogP contribution in [0.4, 0.5) is 0 Å². The zero-order valence-electron chi connectivity index (χ0n) is 13.6. The largest absolute Gasteiger partial charge is 0.416 e. The van der Waals surface area contributed by atoms with E-state index < -0.39 is 0 Å². The van der Waals surface area contributed by atoms with Gasteiger partial charge < -0.3 is 14.5 Å². The lowest BCUT2D eigenvalue weighted by molar-refractivity contribution is -0.120. The number of nitrogens with zero attached hydrogens (tertiary/aromatic N) is 2. The predicted molar refractivity (Wildman–Crippen MR) is 90.8 cm³/mol. The summed E-state index contributed by atoms with van der Waals surface area (Å²) in [5.74, 6) is 0.508. The Balaban J connectivity index is 1.47. The lowest BCUT2D eigenvalue weighted by Gasteiger charge is -2.13. The first-order valence-electron chi connectivity index (χ1n) is 8.13. The molecule has 24 heavy (non-hydrogen) atoms. The minimum absolute atomic E-state index is 0.0432. The second-order valence-electron chi connectivity index (χ2n) is 5.76. The first-order valence-corrected chi connectivity index (χ1v) is 9.01. The van der Waals surface area contributed by atoms with Gasteiger partial charge in [0.15, 0.2) is 0 Å². The van der Waals surface area contributed by atoms with Gasteiger partial charge in [0.25, 0.3) is 5.22 Å². The van der Waals surface area contributed by atoms with Crippen molar-refractivity contribution in [3.8, 4) is 0 Å². The number of hydrogen-bond donors (Lipinski definition) is 1. The van der Waals surface area contributed by atoms with E-state index >= 15 is 0 Å². The van der Waals surface area contributed by atoms with Crippen molar-refractivity contribution < 1.29 is 13.9 Å². The van der Waals surface area contributed by atoms with E-state index in [0.717, 1.165) is 25.0 Å². The Kier molecular flexibility index (Phi) is 5.87. The molecule has 0 saturated carbocycles. The smallest absolute Gasteiger partial charge is 0.277 e. The van der Waals surface area contributed by atoms with Gasteiger partial charge >= 0.3 is 0 Å². The Morgan fingerprint density at radius 2 is 2.21 bits per heavy atom. The molecule has 128 valence electrons. The summed E-state index contributed by atoms with van der Waals surface area (Å²) in [5.41, 5.74) is 1.11. The molecule has 1 amide bonds. The molecule has 1 aliphatic rings. The number of amides is 1. The molecule has 2 atom stereocenters. The van der Waals surface area contributed by atoms with Crippen molar-refractivity contribution >= 4 is 17.7 Å². The summed E-state index contributed by atoms with van der Waals surface area (Å²) in [7, 11) is 0. The van der Waals surface area contributed by atoms with E-state index in [-0.39, 0.29) is 17.3 Å². The molecule has 0 unspecified atom stereocenters. The van der Waals surface area contributed by atoms with Gasteiger partial charge in [-0.05, 0) is 25.3 Å². The van der Waals surface area contributed by atoms with Crippen LogP contribution in [0.2, 0.25) is 0 Å². The zero-order chi connectivity index (χ0) is 16.8. The van der Waals surface area contributed by atoms with Crippen molar-refractivity contribution in [3.05, 3.63) is 41.8 Å². The fraction of sp³-hybridized carbons (Fsp3) is 0.471. The van der Waals surface area contributed by atoms with Crippen LogP contribution < -0.4 is 5.32 Å². The highest BCUT2D eigenvalue weighted by Crippen LogP contribution is 2.23. The highest BCUT2D eigenvalue weighted by atomic mass is 32.2. The standard InChI is InChI=1S/C17H21N3O3S/c1-12(16(21)18-11-14-8-5-9-22-14)24-17-20-19-15(23-17)10-13-6-3-2-4-7-13/h2-4,6-7,12,14H,5,8-11H2,1H3,(H,18,21)/t12-,14-/m1/s1. The normalized spacial score (nSPS) is 18.5. The van der Waals surface area contributed by atoms with E-state index in [1.165, 1.54) is 11.8 Å². The summed E-state index contributed by atoms with van der Waals surface area (Å²) in [6.45, 7) is 3.18. The fourth-order valence-electron chi connectivity index (χ4n) is 2.50. The summed E-state index contributed by atoms with van der Waals surface area (Å²) in [5, 5.41) is 11.1. The van der Waals surface area contributed by atoms with Crippen LogP contribution in [0.5, 0.6) is 0 Å². The lowest BCUT2D eigenvalue weighted by Crippen LogP contribution is -2.36. The average molecular weight is 347 g/mol. The average Bonchev–Trinajstić information content (AvgIpc) is 3.25. The third-order valence-electron chi connectivity index (χ3n) is 3.82. The summed E-state index contributed by atoms with van der Waals surface area (Å²) >= 11 is 1.27. The van der Waals surface area contributed by atoms with E-state index in [4.69, 9.17) is 9.15 Å². The zero-order valence-corrected chi connectivity index (χ0v) is 14.4. The van der Waals surface area contributed by atoms with Crippen molar-refractivity contribution in [1.29, 1.82) is 0 Å². The molecule has 1 N–H and O–H groups in total. The maximum Gasteiger partial charge on any atom is 0.277 e. The third-order valence-corrected chi connectivity index (χ3v) is 4.76. The van der Waals surface area contributed by atoms with Gasteiger partial charge in [-0.15, -0.1) is 10.2 Å². The molecule has 7 heteroatoms. The van der Waals surface area contributed by atoms with Gasteiger partial charge in [0, 0.05) is 13.2 Å². The number of ether oxygens (including phenoxy) is 1. The van der Waals surface area contributed by atoms with Crippen LogP contribution in [-0.2, 0) is 16.0 Å². The minimum Gasteiger partial charge on any atom is -0.416 e. The van der Waals surface area contributed by atoms with E-state index in [2.05, 4.69) is 15.5 Å². The number of benzene rings is 1. The second kappa shape index (κ2) is 8.30. The molecule has 0 aliphatic carbocycles. The summed E-state index contributed by atoms with van der Waals surface area (Å²) in [6.07, 6.45) is 2.81. The van der Waals surface area contributed by atoms with Crippen LogP contribution in [0.3, 0.4) is 0 Å². The van der Waals surface area contributed by atoms with Gasteiger partial charge in [-0.3, -0.25) is 4.79 Å². The van der Waals surface area contributed by atoms with Crippen LogP contribution in [0.15, 0.2) is 40.0 Å². The van der Waals surface area contributed by atoms with Crippen molar-refractivity contribution in [2.75, 3.05) is 13.2 Å². The van der Waals surface area contributed by atoms with Gasteiger partial charge in [-0.2, -0.15) is 0 Å². The molecular formula is C17H21N3O3S. The molecule has 0 bridgehead atoms. The molecule has 2 aromatic rings. The molecule has 3 rings (SSSR count). The van der Waals surface area contributed by atoms with Crippen LogP contribution in [-0.4, -0.2) is 40.6 Å². The second-order valence-corrected chi connectivity index (χ2v) is 7.06. The highest BCUT2D eigenvalue weighted by Gasteiger charge is 2.21. The van der Waals surface area contributed by atoms with E-state index in [0.29, 0.717) is 24.1 Å². The molecule has 0 spiro atoms. The Bertz CT molecular complexity index is 656. The fourth-order valence-corrected chi connectivity index (χ4v) is 3.22. The molecule has 1 aromatic heterocycles. The third kappa shape index (κ3) is 4.82. The molecular weight excluding hydrogens is 326 g/mol. The maximum atomic E-state index is 12.1. The molecule has 1 aromatic carbocycles. The van der Waals surface area contributed by atoms with E-state index in [9.17, 15) is 4.79 Å². The van der Waals surface area contributed by atoms with Gasteiger partial charge in [0.05, 0.1) is 17.8 Å². The SMILES string of the molecule is C[C@@H](Sc1nnc(Cc2ccccc2)o1)C(=O)NC[C@H]1CCCO1. The Morgan fingerprint density at radius 3 is 2.96 bits per heavy atom. The monoisotopic (exact) mass is 347 g/mol. The van der Waals surface area contributed by atoms with Crippen LogP contribution in [0, 0.1) is 0 Å². The lowest BCUT2D eigenvalue weighted by atomic mass is 10.2. The van der Waals surface area contributed by atoms with Crippen LogP contribution in [0.1, 0.15) is 31.2 Å². The molecule has 1 saturated heterocycles. The van der Waals surface area contributed by atoms with Crippen molar-refractivity contribution in [3.63, 3.8) is 0 Å². The van der Waals surface area contributed by atoms with Crippen LogP contribution in [0.25, 0.3) is 0 Å². The van der Waals surface area contributed by atoms with Gasteiger partial charge in [-0.1, -0.05) is 42.1 Å². The molecule has 1 aliphatic heterocycles. The van der Waals surface area contributed by atoms with Crippen molar-refractivity contribution in [1.82, 2.24) is 15.5 Å². The van der Waals surface area contributed by atoms with Gasteiger partial charge in [0.2, 0.25) is 11.8 Å². The maximum absolute atomic E-state index is 12.1. The Hall–Kier alpha value is -1.86. The van der Waals surface area contributed by atoms with Gasteiger partial charge in [-0.25, -0.2) is 0 Å². The number of carbonyl (C=O) groups excluding carboxylic acids is 1.